The first-order chi connectivity index (χ1) is 9.08. The van der Waals surface area contributed by atoms with E-state index in [0.29, 0.717) is 12.1 Å². The molecule has 0 aliphatic rings. The first-order valence-corrected chi connectivity index (χ1v) is 6.17. The summed E-state index contributed by atoms with van der Waals surface area (Å²) >= 11 is 0. The molecule has 0 saturated carbocycles. The number of benzene rings is 2. The van der Waals surface area contributed by atoms with Gasteiger partial charge in [0.15, 0.2) is 0 Å². The van der Waals surface area contributed by atoms with Gasteiger partial charge in [-0.05, 0) is 36.2 Å². The van der Waals surface area contributed by atoms with Crippen LogP contribution in [0.1, 0.15) is 21.5 Å². The Balaban J connectivity index is 2.15. The molecular weight excluding hydrogens is 238 g/mol. The molecule has 19 heavy (non-hydrogen) atoms. The average molecular weight is 255 g/mol. The Hall–Kier alpha value is -2.29. The lowest BCUT2D eigenvalue weighted by Crippen LogP contribution is -2.26. The lowest BCUT2D eigenvalue weighted by molar-refractivity contribution is 0.0784. The van der Waals surface area contributed by atoms with Gasteiger partial charge in [0.2, 0.25) is 0 Å². The predicted octanol–water partition coefficient (Wildman–Crippen LogP) is 2.97. The number of phenols is 1. The van der Waals surface area contributed by atoms with Crippen LogP contribution in [-0.4, -0.2) is 23.0 Å². The summed E-state index contributed by atoms with van der Waals surface area (Å²) in [4.78, 5) is 14.0. The Bertz CT molecular complexity index is 579. The van der Waals surface area contributed by atoms with E-state index in [2.05, 4.69) is 0 Å². The molecule has 2 rings (SSSR count). The zero-order valence-corrected chi connectivity index (χ0v) is 11.1. The van der Waals surface area contributed by atoms with Gasteiger partial charge in [-0.3, -0.25) is 4.79 Å². The minimum Gasteiger partial charge on any atom is -0.508 e. The monoisotopic (exact) mass is 255 g/mol. The summed E-state index contributed by atoms with van der Waals surface area (Å²) in [7, 11) is 1.78. The summed E-state index contributed by atoms with van der Waals surface area (Å²) in [5.74, 6) is 0.140. The molecule has 98 valence electrons. The summed E-state index contributed by atoms with van der Waals surface area (Å²) in [5, 5.41) is 9.37. The maximum Gasteiger partial charge on any atom is 0.254 e. The van der Waals surface area contributed by atoms with E-state index >= 15 is 0 Å². The Morgan fingerprint density at radius 3 is 2.47 bits per heavy atom. The molecule has 0 aliphatic heterocycles. The molecule has 3 heteroatoms. The highest BCUT2D eigenvalue weighted by atomic mass is 16.3. The Morgan fingerprint density at radius 1 is 1.16 bits per heavy atom. The van der Waals surface area contributed by atoms with Crippen LogP contribution in [0.5, 0.6) is 5.75 Å². The SMILES string of the molecule is Cc1cc(O)ccc1C(=O)N(C)Cc1ccccc1. The summed E-state index contributed by atoms with van der Waals surface area (Å²) in [6, 6.07) is 14.7. The van der Waals surface area contributed by atoms with Gasteiger partial charge in [-0.1, -0.05) is 30.3 Å². The van der Waals surface area contributed by atoms with Gasteiger partial charge in [-0.15, -0.1) is 0 Å². The van der Waals surface area contributed by atoms with Crippen molar-refractivity contribution in [2.45, 2.75) is 13.5 Å². The second-order valence-corrected chi connectivity index (χ2v) is 4.65. The van der Waals surface area contributed by atoms with Gasteiger partial charge in [0, 0.05) is 19.2 Å². The van der Waals surface area contributed by atoms with Crippen LogP contribution in [-0.2, 0) is 6.54 Å². The third kappa shape index (κ3) is 3.13. The molecule has 0 spiro atoms. The van der Waals surface area contributed by atoms with Crippen molar-refractivity contribution in [1.82, 2.24) is 4.90 Å². The number of amides is 1. The van der Waals surface area contributed by atoms with E-state index in [1.807, 2.05) is 37.3 Å². The molecule has 0 heterocycles. The fourth-order valence-corrected chi connectivity index (χ4v) is 2.02. The number of carbonyl (C=O) groups is 1. The summed E-state index contributed by atoms with van der Waals surface area (Å²) in [6.45, 7) is 2.39. The Kier molecular flexibility index (Phi) is 3.85. The van der Waals surface area contributed by atoms with E-state index < -0.39 is 0 Å². The maximum atomic E-state index is 12.3. The van der Waals surface area contributed by atoms with Crippen LogP contribution in [0.25, 0.3) is 0 Å². The second-order valence-electron chi connectivity index (χ2n) is 4.65. The zero-order chi connectivity index (χ0) is 13.8. The highest BCUT2D eigenvalue weighted by Gasteiger charge is 2.14. The first-order valence-electron chi connectivity index (χ1n) is 6.17. The van der Waals surface area contributed by atoms with E-state index in [0.717, 1.165) is 11.1 Å². The van der Waals surface area contributed by atoms with Crippen LogP contribution in [0, 0.1) is 6.92 Å². The molecular formula is C16H17NO2. The molecule has 0 unspecified atom stereocenters. The standard InChI is InChI=1S/C16H17NO2/c1-12-10-14(18)8-9-15(12)16(19)17(2)11-13-6-4-3-5-7-13/h3-10,18H,11H2,1-2H3. The molecule has 0 saturated heterocycles. The van der Waals surface area contributed by atoms with E-state index in [-0.39, 0.29) is 11.7 Å². The number of nitrogens with zero attached hydrogens (tertiary/aromatic N) is 1. The minimum absolute atomic E-state index is 0.0404. The quantitative estimate of drug-likeness (QED) is 0.916. The normalized spacial score (nSPS) is 10.2. The fraction of sp³-hybridized carbons (Fsp3) is 0.188. The third-order valence-corrected chi connectivity index (χ3v) is 3.05. The fourth-order valence-electron chi connectivity index (χ4n) is 2.02. The van der Waals surface area contributed by atoms with Crippen LogP contribution < -0.4 is 0 Å². The molecule has 0 aromatic heterocycles. The molecule has 0 atom stereocenters. The van der Waals surface area contributed by atoms with Crippen molar-refractivity contribution < 1.29 is 9.90 Å². The number of aromatic hydroxyl groups is 1. The molecule has 2 aromatic rings. The topological polar surface area (TPSA) is 40.5 Å². The van der Waals surface area contributed by atoms with Crippen LogP contribution in [0.15, 0.2) is 48.5 Å². The molecule has 0 radical (unpaired) electrons. The van der Waals surface area contributed by atoms with Crippen molar-refractivity contribution in [3.8, 4) is 5.75 Å². The van der Waals surface area contributed by atoms with Gasteiger partial charge in [0.05, 0.1) is 0 Å². The van der Waals surface area contributed by atoms with Crippen molar-refractivity contribution in [1.29, 1.82) is 0 Å². The highest BCUT2D eigenvalue weighted by molar-refractivity contribution is 5.95. The van der Waals surface area contributed by atoms with E-state index in [9.17, 15) is 9.90 Å². The van der Waals surface area contributed by atoms with Crippen molar-refractivity contribution >= 4 is 5.91 Å². The average Bonchev–Trinajstić information content (AvgIpc) is 2.39. The molecule has 0 fully saturated rings. The lowest BCUT2D eigenvalue weighted by atomic mass is 10.1. The summed E-state index contributed by atoms with van der Waals surface area (Å²) in [6.07, 6.45) is 0. The highest BCUT2D eigenvalue weighted by Crippen LogP contribution is 2.17. The smallest absolute Gasteiger partial charge is 0.254 e. The van der Waals surface area contributed by atoms with Crippen LogP contribution in [0.3, 0.4) is 0 Å². The molecule has 0 bridgehead atoms. The number of carbonyl (C=O) groups excluding carboxylic acids is 1. The van der Waals surface area contributed by atoms with Gasteiger partial charge in [0.25, 0.3) is 5.91 Å². The van der Waals surface area contributed by atoms with Crippen LogP contribution in [0.2, 0.25) is 0 Å². The van der Waals surface area contributed by atoms with Crippen molar-refractivity contribution in [3.05, 3.63) is 65.2 Å². The minimum atomic E-state index is -0.0404. The Labute approximate surface area is 113 Å². The predicted molar refractivity (Wildman–Crippen MR) is 75.1 cm³/mol. The van der Waals surface area contributed by atoms with Gasteiger partial charge in [-0.2, -0.15) is 0 Å². The summed E-state index contributed by atoms with van der Waals surface area (Å²) in [5.41, 5.74) is 2.50. The largest absolute Gasteiger partial charge is 0.508 e. The van der Waals surface area contributed by atoms with E-state index in [4.69, 9.17) is 0 Å². The van der Waals surface area contributed by atoms with Crippen molar-refractivity contribution in [2.24, 2.45) is 0 Å². The van der Waals surface area contributed by atoms with Gasteiger partial charge < -0.3 is 10.0 Å². The van der Waals surface area contributed by atoms with E-state index in [1.165, 1.54) is 6.07 Å². The molecule has 2 aromatic carbocycles. The zero-order valence-electron chi connectivity index (χ0n) is 11.1. The molecule has 1 N–H and O–H groups in total. The van der Waals surface area contributed by atoms with Gasteiger partial charge >= 0.3 is 0 Å². The van der Waals surface area contributed by atoms with E-state index in [1.54, 1.807) is 24.1 Å². The van der Waals surface area contributed by atoms with Gasteiger partial charge in [-0.25, -0.2) is 0 Å². The first kappa shape index (κ1) is 13.1. The number of phenolic OH excluding ortho intramolecular Hbond substituents is 1. The number of aryl methyl sites for hydroxylation is 1. The van der Waals surface area contributed by atoms with Crippen LogP contribution >= 0.6 is 0 Å². The summed E-state index contributed by atoms with van der Waals surface area (Å²) < 4.78 is 0. The second kappa shape index (κ2) is 5.57. The number of hydrogen-bond acceptors (Lipinski definition) is 2. The molecule has 1 amide bonds. The third-order valence-electron chi connectivity index (χ3n) is 3.05. The molecule has 0 aliphatic carbocycles. The Morgan fingerprint density at radius 2 is 1.84 bits per heavy atom. The van der Waals surface area contributed by atoms with Crippen molar-refractivity contribution in [2.75, 3.05) is 7.05 Å². The van der Waals surface area contributed by atoms with Gasteiger partial charge in [0.1, 0.15) is 5.75 Å². The number of rotatable bonds is 3. The lowest BCUT2D eigenvalue weighted by Gasteiger charge is -2.18. The van der Waals surface area contributed by atoms with Crippen molar-refractivity contribution in [3.63, 3.8) is 0 Å². The van der Waals surface area contributed by atoms with Crippen LogP contribution in [0.4, 0.5) is 0 Å². The maximum absolute atomic E-state index is 12.3. The number of hydrogen-bond donors (Lipinski definition) is 1. The molecule has 3 nitrogen and oxygen atoms in total.